The van der Waals surface area contributed by atoms with E-state index in [9.17, 15) is 9.59 Å². The maximum Gasteiger partial charge on any atom is 0.285 e. The van der Waals surface area contributed by atoms with Crippen LogP contribution in [0, 0.1) is 0 Å². The number of nitrogens with zero attached hydrogens (tertiary/aromatic N) is 1. The van der Waals surface area contributed by atoms with Crippen LogP contribution >= 0.6 is 46.7 Å². The van der Waals surface area contributed by atoms with Crippen molar-refractivity contribution in [3.05, 3.63) is 74.6 Å². The fraction of sp³-hybridized carbons (Fsp3) is 0. The molecule has 1 aliphatic heterocycles. The van der Waals surface area contributed by atoms with Gasteiger partial charge in [-0.3, -0.25) is 9.59 Å². The molecule has 0 spiro atoms. The van der Waals surface area contributed by atoms with Crippen LogP contribution in [-0.4, -0.2) is 15.4 Å². The van der Waals surface area contributed by atoms with E-state index in [0.717, 1.165) is 17.3 Å². The van der Waals surface area contributed by atoms with E-state index in [2.05, 4.69) is 4.99 Å². The smallest absolute Gasteiger partial charge is 0.281 e. The minimum atomic E-state index is -0.369. The van der Waals surface area contributed by atoms with Gasteiger partial charge in [0.2, 0.25) is 5.12 Å². The van der Waals surface area contributed by atoms with Crippen LogP contribution in [0.2, 0.25) is 10.0 Å². The highest BCUT2D eigenvalue weighted by atomic mass is 35.5. The highest BCUT2D eigenvalue weighted by molar-refractivity contribution is 8.46. The normalized spacial score (nSPS) is 15.7. The molecule has 3 nitrogen and oxygen atoms in total. The molecule has 7 heteroatoms. The molecule has 0 aromatic heterocycles. The molecule has 24 heavy (non-hydrogen) atoms. The number of carbonyl (C=O) groups excluding carboxylic acids is 2. The quantitative estimate of drug-likeness (QED) is 0.628. The second-order valence-electron chi connectivity index (χ2n) is 4.71. The van der Waals surface area contributed by atoms with Gasteiger partial charge in [-0.15, -0.1) is 0 Å². The van der Waals surface area contributed by atoms with Crippen LogP contribution in [0.5, 0.6) is 0 Å². The molecular weight excluding hydrogens is 385 g/mol. The predicted octanol–water partition coefficient (Wildman–Crippen LogP) is 5.54. The van der Waals surface area contributed by atoms with Gasteiger partial charge in [0.1, 0.15) is 4.38 Å². The van der Waals surface area contributed by atoms with Crippen LogP contribution in [0.1, 0.15) is 15.9 Å². The molecule has 0 saturated heterocycles. The molecule has 0 aliphatic carbocycles. The maximum atomic E-state index is 12.2. The van der Waals surface area contributed by atoms with Crippen molar-refractivity contribution >= 4 is 68.2 Å². The zero-order chi connectivity index (χ0) is 17.1. The van der Waals surface area contributed by atoms with Crippen molar-refractivity contribution in [1.82, 2.24) is 0 Å². The summed E-state index contributed by atoms with van der Waals surface area (Å²) in [6.07, 6.45) is 1.68. The van der Waals surface area contributed by atoms with Crippen molar-refractivity contribution in [2.45, 2.75) is 0 Å². The van der Waals surface area contributed by atoms with Crippen molar-refractivity contribution in [2.75, 3.05) is 0 Å². The molecule has 1 amide bonds. The molecule has 0 atom stereocenters. The average molecular weight is 394 g/mol. The third-order valence-corrected chi connectivity index (χ3v) is 5.61. The fourth-order valence-corrected chi connectivity index (χ4v) is 4.05. The van der Waals surface area contributed by atoms with Crippen LogP contribution in [0.3, 0.4) is 0 Å². The molecule has 3 rings (SSSR count). The van der Waals surface area contributed by atoms with Crippen molar-refractivity contribution in [3.8, 4) is 0 Å². The highest BCUT2D eigenvalue weighted by Crippen LogP contribution is 2.35. The Morgan fingerprint density at radius 3 is 2.50 bits per heavy atom. The summed E-state index contributed by atoms with van der Waals surface area (Å²) in [6, 6.07) is 13.8. The summed E-state index contributed by atoms with van der Waals surface area (Å²) in [4.78, 5) is 28.6. The number of benzene rings is 2. The minimum Gasteiger partial charge on any atom is -0.281 e. The van der Waals surface area contributed by atoms with Crippen LogP contribution < -0.4 is 0 Å². The van der Waals surface area contributed by atoms with E-state index in [0.29, 0.717) is 24.9 Å². The van der Waals surface area contributed by atoms with Crippen LogP contribution in [0.15, 0.2) is 58.4 Å². The number of carbonyl (C=O) groups is 2. The minimum absolute atomic E-state index is 0.190. The number of thioether (sulfide) groups is 2. The fourth-order valence-electron chi connectivity index (χ4n) is 1.89. The van der Waals surface area contributed by atoms with E-state index in [4.69, 9.17) is 23.2 Å². The van der Waals surface area contributed by atoms with Gasteiger partial charge in [0.15, 0.2) is 0 Å². The largest absolute Gasteiger partial charge is 0.285 e. The van der Waals surface area contributed by atoms with Gasteiger partial charge in [-0.1, -0.05) is 53.2 Å². The number of rotatable bonds is 2. The summed E-state index contributed by atoms with van der Waals surface area (Å²) < 4.78 is 0.401. The first-order valence-corrected chi connectivity index (χ1v) is 9.16. The van der Waals surface area contributed by atoms with Gasteiger partial charge < -0.3 is 0 Å². The van der Waals surface area contributed by atoms with E-state index >= 15 is 0 Å². The van der Waals surface area contributed by atoms with Crippen LogP contribution in [-0.2, 0) is 4.79 Å². The molecule has 0 unspecified atom stereocenters. The molecule has 0 saturated carbocycles. The number of amides is 1. The van der Waals surface area contributed by atoms with Crippen molar-refractivity contribution in [2.24, 2.45) is 4.99 Å². The molecule has 0 N–H and O–H groups in total. The molecule has 120 valence electrons. The summed E-state index contributed by atoms with van der Waals surface area (Å²) in [7, 11) is 0. The Bertz CT molecular complexity index is 876. The number of aliphatic imine (C=N–C) groups is 1. The second kappa shape index (κ2) is 7.57. The Labute approximate surface area is 157 Å². The summed E-state index contributed by atoms with van der Waals surface area (Å²) in [5, 5.41) is 0.922. The number of hydrogen-bond donors (Lipinski definition) is 0. The lowest BCUT2D eigenvalue weighted by molar-refractivity contribution is -0.113. The maximum absolute atomic E-state index is 12.2. The summed E-state index contributed by atoms with van der Waals surface area (Å²) >= 11 is 14.0. The lowest BCUT2D eigenvalue weighted by Crippen LogP contribution is -1.95. The number of halogens is 2. The van der Waals surface area contributed by atoms with Crippen molar-refractivity contribution in [3.63, 3.8) is 0 Å². The first kappa shape index (κ1) is 17.3. The molecule has 1 aliphatic rings. The van der Waals surface area contributed by atoms with Gasteiger partial charge in [0.25, 0.3) is 5.91 Å². The third-order valence-electron chi connectivity index (χ3n) is 3.05. The van der Waals surface area contributed by atoms with E-state index in [1.54, 1.807) is 36.4 Å². The van der Waals surface area contributed by atoms with Gasteiger partial charge in [-0.2, -0.15) is 4.99 Å². The predicted molar refractivity (Wildman–Crippen MR) is 103 cm³/mol. The van der Waals surface area contributed by atoms with E-state index < -0.39 is 0 Å². The van der Waals surface area contributed by atoms with Crippen LogP contribution in [0.4, 0.5) is 0 Å². The zero-order valence-corrected chi connectivity index (χ0v) is 15.2. The third kappa shape index (κ3) is 4.11. The van der Waals surface area contributed by atoms with Gasteiger partial charge >= 0.3 is 0 Å². The lowest BCUT2D eigenvalue weighted by Gasteiger charge is -2.00. The van der Waals surface area contributed by atoms with E-state index in [1.165, 1.54) is 11.8 Å². The zero-order valence-electron chi connectivity index (χ0n) is 12.0. The summed E-state index contributed by atoms with van der Waals surface area (Å²) in [5.41, 5.74) is 1.24. The van der Waals surface area contributed by atoms with Crippen molar-refractivity contribution in [1.29, 1.82) is 0 Å². The Balaban J connectivity index is 1.72. The van der Waals surface area contributed by atoms with Gasteiger partial charge in [0, 0.05) is 15.6 Å². The van der Waals surface area contributed by atoms with Gasteiger partial charge in [-0.25, -0.2) is 0 Å². The Morgan fingerprint density at radius 2 is 1.79 bits per heavy atom. The molecule has 0 fully saturated rings. The number of hydrogen-bond acceptors (Lipinski definition) is 4. The summed E-state index contributed by atoms with van der Waals surface area (Å²) in [6.45, 7) is 0. The Morgan fingerprint density at radius 1 is 1.08 bits per heavy atom. The Kier molecular flexibility index (Phi) is 5.46. The lowest BCUT2D eigenvalue weighted by atomic mass is 10.2. The van der Waals surface area contributed by atoms with E-state index in [1.807, 2.05) is 18.2 Å². The SMILES string of the molecule is O=C1N=C(SC(=O)c2ccc(Cl)cc2)S/C1=C/c1ccccc1Cl. The first-order valence-electron chi connectivity index (χ1n) is 6.78. The van der Waals surface area contributed by atoms with E-state index in [-0.39, 0.29) is 11.0 Å². The molecule has 2 aromatic carbocycles. The van der Waals surface area contributed by atoms with Gasteiger partial charge in [-0.05, 0) is 53.7 Å². The standard InChI is InChI=1S/C17H9Cl2NO2S2/c18-12-7-5-10(6-8-12)16(22)24-17-20-15(21)14(23-17)9-11-3-1-2-4-13(11)19/h1-9H/b14-9+. The molecule has 2 aromatic rings. The molecule has 0 radical (unpaired) electrons. The molecular formula is C17H9Cl2NO2S2. The first-order chi connectivity index (χ1) is 11.5. The monoisotopic (exact) mass is 393 g/mol. The van der Waals surface area contributed by atoms with Crippen molar-refractivity contribution < 1.29 is 9.59 Å². The second-order valence-corrected chi connectivity index (χ2v) is 7.81. The summed E-state index contributed by atoms with van der Waals surface area (Å²) in [5.74, 6) is -0.369. The van der Waals surface area contributed by atoms with Gasteiger partial charge in [0.05, 0.1) is 4.91 Å². The molecule has 1 heterocycles. The van der Waals surface area contributed by atoms with Crippen LogP contribution in [0.25, 0.3) is 6.08 Å². The molecule has 0 bridgehead atoms. The Hall–Kier alpha value is -1.53. The average Bonchev–Trinajstić information content (AvgIpc) is 2.89. The highest BCUT2D eigenvalue weighted by Gasteiger charge is 2.25. The topological polar surface area (TPSA) is 46.5 Å².